The highest BCUT2D eigenvalue weighted by molar-refractivity contribution is 9.10. The summed E-state index contributed by atoms with van der Waals surface area (Å²) in [4.78, 5) is 12.5. The highest BCUT2D eigenvalue weighted by Gasteiger charge is 2.17. The Kier molecular flexibility index (Phi) is 6.79. The molecule has 2 N–H and O–H groups in total. The van der Waals surface area contributed by atoms with Crippen molar-refractivity contribution >= 4 is 43.2 Å². The van der Waals surface area contributed by atoms with Crippen molar-refractivity contribution in [3.05, 3.63) is 82.8 Å². The third-order valence-electron chi connectivity index (χ3n) is 4.20. The second-order valence-electron chi connectivity index (χ2n) is 6.70. The van der Waals surface area contributed by atoms with Crippen LogP contribution in [-0.2, 0) is 14.8 Å². The topological polar surface area (TPSA) is 84.5 Å². The van der Waals surface area contributed by atoms with Crippen LogP contribution in [-0.4, -0.2) is 20.4 Å². The first-order chi connectivity index (χ1) is 14.2. The van der Waals surface area contributed by atoms with Crippen molar-refractivity contribution in [3.8, 4) is 5.75 Å². The van der Waals surface area contributed by atoms with Gasteiger partial charge in [0.05, 0.1) is 4.90 Å². The van der Waals surface area contributed by atoms with Crippen molar-refractivity contribution in [2.45, 2.75) is 24.8 Å². The van der Waals surface area contributed by atoms with Crippen LogP contribution < -0.4 is 14.8 Å². The number of ether oxygens (including phenoxy) is 1. The number of hydrogen-bond donors (Lipinski definition) is 2. The van der Waals surface area contributed by atoms with Gasteiger partial charge in [0.25, 0.3) is 15.9 Å². The molecule has 0 aliphatic heterocycles. The molecule has 30 heavy (non-hydrogen) atoms. The number of sulfonamides is 1. The lowest BCUT2D eigenvalue weighted by molar-refractivity contribution is -0.122. The fraction of sp³-hybridized carbons (Fsp3) is 0.136. The number of carbonyl (C=O) groups excluding carboxylic acids is 1. The number of hydrogen-bond acceptors (Lipinski definition) is 4. The Labute approximate surface area is 184 Å². The summed E-state index contributed by atoms with van der Waals surface area (Å²) >= 11 is 3.31. The van der Waals surface area contributed by atoms with E-state index in [4.69, 9.17) is 4.74 Å². The Bertz CT molecular complexity index is 1130. The Hall–Kier alpha value is -2.84. The smallest absolute Gasteiger partial charge is 0.265 e. The molecule has 1 atom stereocenters. The minimum Gasteiger partial charge on any atom is -0.481 e. The van der Waals surface area contributed by atoms with Crippen LogP contribution >= 0.6 is 15.9 Å². The molecule has 6 nitrogen and oxygen atoms in total. The number of anilines is 2. The Morgan fingerprint density at radius 1 is 0.967 bits per heavy atom. The molecule has 0 aromatic heterocycles. The van der Waals surface area contributed by atoms with Gasteiger partial charge in [-0.25, -0.2) is 8.42 Å². The lowest BCUT2D eigenvalue weighted by Gasteiger charge is -2.15. The number of nitrogens with one attached hydrogen (secondary N) is 2. The van der Waals surface area contributed by atoms with Crippen LogP contribution in [0.3, 0.4) is 0 Å². The third kappa shape index (κ3) is 5.84. The molecule has 0 aliphatic rings. The fourth-order valence-corrected chi connectivity index (χ4v) is 3.96. The molecule has 0 saturated carbocycles. The van der Waals surface area contributed by atoms with E-state index in [0.717, 1.165) is 10.0 Å². The van der Waals surface area contributed by atoms with Gasteiger partial charge in [-0.2, -0.15) is 0 Å². The zero-order valence-corrected chi connectivity index (χ0v) is 18.8. The second kappa shape index (κ2) is 9.32. The predicted molar refractivity (Wildman–Crippen MR) is 121 cm³/mol. The minimum absolute atomic E-state index is 0.0903. The molecule has 0 fully saturated rings. The molecule has 0 aliphatic carbocycles. The van der Waals surface area contributed by atoms with E-state index in [1.165, 1.54) is 24.3 Å². The maximum Gasteiger partial charge on any atom is 0.265 e. The Morgan fingerprint density at radius 2 is 1.60 bits per heavy atom. The molecule has 156 valence electrons. The molecule has 3 aromatic carbocycles. The number of rotatable bonds is 7. The predicted octanol–water partition coefficient (Wildman–Crippen LogP) is 4.96. The third-order valence-corrected chi connectivity index (χ3v) is 6.13. The normalized spacial score (nSPS) is 12.1. The molecule has 3 aromatic rings. The van der Waals surface area contributed by atoms with Gasteiger partial charge >= 0.3 is 0 Å². The molecule has 0 saturated heterocycles. The molecule has 0 heterocycles. The summed E-state index contributed by atoms with van der Waals surface area (Å²) in [6, 6.07) is 20.2. The van der Waals surface area contributed by atoms with E-state index in [1.807, 2.05) is 25.1 Å². The minimum atomic E-state index is -3.74. The molecule has 0 spiro atoms. The molecule has 0 bridgehead atoms. The van der Waals surface area contributed by atoms with Crippen LogP contribution in [0.25, 0.3) is 0 Å². The summed E-state index contributed by atoms with van der Waals surface area (Å²) in [7, 11) is -3.74. The maximum absolute atomic E-state index is 12.5. The molecule has 1 amide bonds. The first-order valence-corrected chi connectivity index (χ1v) is 11.4. The lowest BCUT2D eigenvalue weighted by atomic mass is 10.2. The average Bonchev–Trinajstić information content (AvgIpc) is 2.70. The molecule has 0 radical (unpaired) electrons. The van der Waals surface area contributed by atoms with Crippen molar-refractivity contribution in [2.75, 3.05) is 10.0 Å². The number of benzene rings is 3. The largest absolute Gasteiger partial charge is 0.481 e. The fourth-order valence-electron chi connectivity index (χ4n) is 2.64. The summed E-state index contributed by atoms with van der Waals surface area (Å²) in [5.41, 5.74) is 1.97. The van der Waals surface area contributed by atoms with Gasteiger partial charge in [0.2, 0.25) is 0 Å². The monoisotopic (exact) mass is 488 g/mol. The number of halogens is 1. The van der Waals surface area contributed by atoms with Crippen LogP contribution in [0.1, 0.15) is 12.5 Å². The van der Waals surface area contributed by atoms with Gasteiger partial charge in [-0.05, 0) is 80.1 Å². The molecular weight excluding hydrogens is 468 g/mol. The molecular formula is C22H21BrN2O4S. The first-order valence-electron chi connectivity index (χ1n) is 9.15. The van der Waals surface area contributed by atoms with E-state index in [9.17, 15) is 13.2 Å². The van der Waals surface area contributed by atoms with Crippen molar-refractivity contribution in [1.82, 2.24) is 0 Å². The first kappa shape index (κ1) is 21.9. The van der Waals surface area contributed by atoms with Crippen molar-refractivity contribution in [1.29, 1.82) is 0 Å². The molecule has 3 rings (SSSR count). The van der Waals surface area contributed by atoms with E-state index >= 15 is 0 Å². The standard InChI is InChI=1S/C22H21BrN2O4S/c1-15-4-3-5-20(14-15)29-16(2)22(26)24-18-10-12-21(13-11-18)30(27,28)25-19-8-6-17(23)7-9-19/h3-14,16,25H,1-2H3,(H,24,26)/t16-/m1/s1. The average molecular weight is 489 g/mol. The van der Waals surface area contributed by atoms with Gasteiger partial charge in [-0.1, -0.05) is 28.1 Å². The van der Waals surface area contributed by atoms with Crippen LogP contribution in [0.15, 0.2) is 82.2 Å². The lowest BCUT2D eigenvalue weighted by Crippen LogP contribution is -2.30. The quantitative estimate of drug-likeness (QED) is 0.491. The van der Waals surface area contributed by atoms with Crippen molar-refractivity contribution in [2.24, 2.45) is 0 Å². The Balaban J connectivity index is 1.63. The van der Waals surface area contributed by atoms with Gasteiger partial charge in [-0.15, -0.1) is 0 Å². The SMILES string of the molecule is Cc1cccc(O[C@H](C)C(=O)Nc2ccc(S(=O)(=O)Nc3ccc(Br)cc3)cc2)c1. The van der Waals surface area contributed by atoms with Crippen molar-refractivity contribution < 1.29 is 17.9 Å². The Morgan fingerprint density at radius 3 is 2.23 bits per heavy atom. The van der Waals surface area contributed by atoms with Gasteiger partial charge in [0.1, 0.15) is 5.75 Å². The van der Waals surface area contributed by atoms with Gasteiger partial charge in [0, 0.05) is 15.8 Å². The van der Waals surface area contributed by atoms with Gasteiger partial charge < -0.3 is 10.1 Å². The summed E-state index contributed by atoms with van der Waals surface area (Å²) in [5.74, 6) is 0.276. The highest BCUT2D eigenvalue weighted by Crippen LogP contribution is 2.20. The van der Waals surface area contributed by atoms with E-state index < -0.39 is 16.1 Å². The van der Waals surface area contributed by atoms with E-state index in [-0.39, 0.29) is 10.8 Å². The zero-order chi connectivity index (χ0) is 21.7. The summed E-state index contributed by atoms with van der Waals surface area (Å²) in [6.07, 6.45) is -0.714. The van der Waals surface area contributed by atoms with Gasteiger partial charge in [0.15, 0.2) is 6.10 Å². The van der Waals surface area contributed by atoms with Crippen LogP contribution in [0.5, 0.6) is 5.75 Å². The molecule has 8 heteroatoms. The van der Waals surface area contributed by atoms with Gasteiger partial charge in [-0.3, -0.25) is 9.52 Å². The number of aryl methyl sites for hydroxylation is 1. The van der Waals surface area contributed by atoms with E-state index in [1.54, 1.807) is 37.3 Å². The van der Waals surface area contributed by atoms with E-state index in [0.29, 0.717) is 17.1 Å². The summed E-state index contributed by atoms with van der Waals surface area (Å²) < 4.78 is 34.1. The van der Waals surface area contributed by atoms with Crippen molar-refractivity contribution in [3.63, 3.8) is 0 Å². The second-order valence-corrected chi connectivity index (χ2v) is 9.30. The summed E-state index contributed by atoms with van der Waals surface area (Å²) in [6.45, 7) is 3.59. The highest BCUT2D eigenvalue weighted by atomic mass is 79.9. The maximum atomic E-state index is 12.5. The van der Waals surface area contributed by atoms with E-state index in [2.05, 4.69) is 26.0 Å². The van der Waals surface area contributed by atoms with Crippen LogP contribution in [0, 0.1) is 6.92 Å². The van der Waals surface area contributed by atoms with Crippen LogP contribution in [0.2, 0.25) is 0 Å². The zero-order valence-electron chi connectivity index (χ0n) is 16.4. The number of carbonyl (C=O) groups is 1. The number of amides is 1. The van der Waals surface area contributed by atoms with Crippen LogP contribution in [0.4, 0.5) is 11.4 Å². The summed E-state index contributed by atoms with van der Waals surface area (Å²) in [5, 5.41) is 2.73. The molecule has 0 unspecified atom stereocenters.